The number of halogens is 4. The van der Waals surface area contributed by atoms with E-state index in [1.165, 1.54) is 42.5 Å². The van der Waals surface area contributed by atoms with Gasteiger partial charge < -0.3 is 0 Å². The molecular weight excluding hydrogens is 519 g/mol. The Labute approximate surface area is 198 Å². The predicted octanol–water partition coefficient (Wildman–Crippen LogP) is 5.73. The van der Waals surface area contributed by atoms with Gasteiger partial charge in [0, 0.05) is 15.7 Å². The summed E-state index contributed by atoms with van der Waals surface area (Å²) >= 11 is 6.84. The molecule has 0 radical (unpaired) electrons. The minimum Gasteiger partial charge on any atom is -0.278 e. The van der Waals surface area contributed by atoms with Gasteiger partial charge in [-0.1, -0.05) is 35.9 Å². The van der Waals surface area contributed by atoms with E-state index in [1.807, 2.05) is 0 Å². The van der Waals surface area contributed by atoms with Gasteiger partial charge in [-0.15, -0.1) is 11.8 Å². The number of alkyl halides is 3. The molecule has 176 valence electrons. The van der Waals surface area contributed by atoms with Gasteiger partial charge in [-0.2, -0.15) is 13.2 Å². The number of hydrogen-bond donors (Lipinski definition) is 1. The van der Waals surface area contributed by atoms with E-state index in [0.717, 1.165) is 23.9 Å². The molecule has 12 heteroatoms. The highest BCUT2D eigenvalue weighted by Crippen LogP contribution is 2.36. The molecule has 0 spiro atoms. The molecule has 0 bridgehead atoms. The van der Waals surface area contributed by atoms with E-state index in [-0.39, 0.29) is 22.1 Å². The normalized spacial score (nSPS) is 12.5. The fourth-order valence-electron chi connectivity index (χ4n) is 2.83. The Bertz CT molecular complexity index is 1340. The fourth-order valence-corrected chi connectivity index (χ4v) is 7.00. The first-order chi connectivity index (χ1) is 15.4. The van der Waals surface area contributed by atoms with Gasteiger partial charge in [0.2, 0.25) is 0 Å². The molecule has 0 aliphatic rings. The minimum absolute atomic E-state index is 0.0448. The van der Waals surface area contributed by atoms with Crippen LogP contribution in [0.4, 0.5) is 18.9 Å². The van der Waals surface area contributed by atoms with Gasteiger partial charge >= 0.3 is 6.18 Å². The van der Waals surface area contributed by atoms with Crippen molar-refractivity contribution < 1.29 is 30.0 Å². The first-order valence-corrected chi connectivity index (χ1v) is 13.8. The number of hydrogen-bond acceptors (Lipinski definition) is 5. The van der Waals surface area contributed by atoms with Crippen molar-refractivity contribution in [1.82, 2.24) is 0 Å². The summed E-state index contributed by atoms with van der Waals surface area (Å²) in [6, 6.07) is 15.6. The molecule has 0 fully saturated rings. The van der Waals surface area contributed by atoms with Crippen LogP contribution in [-0.2, 0) is 26.0 Å². The molecule has 3 rings (SSSR count). The first kappa shape index (κ1) is 25.4. The molecule has 0 saturated carbocycles. The van der Waals surface area contributed by atoms with Crippen molar-refractivity contribution in [3.05, 3.63) is 83.4 Å². The van der Waals surface area contributed by atoms with Crippen molar-refractivity contribution in [3.8, 4) is 0 Å². The van der Waals surface area contributed by atoms with Gasteiger partial charge in [0.05, 0.1) is 26.8 Å². The lowest BCUT2D eigenvalue weighted by Crippen LogP contribution is -2.19. The SMILES string of the molecule is O=S(=O)(CCSc1ccccc1NS(=O)(=O)c1ccccc1C(F)(F)F)c1ccc(Cl)cc1. The summed E-state index contributed by atoms with van der Waals surface area (Å²) in [6.07, 6.45) is -4.85. The van der Waals surface area contributed by atoms with Gasteiger partial charge in [0.15, 0.2) is 9.84 Å². The maximum absolute atomic E-state index is 13.3. The van der Waals surface area contributed by atoms with Crippen LogP contribution in [0, 0.1) is 0 Å². The molecule has 33 heavy (non-hydrogen) atoms. The molecule has 3 aromatic carbocycles. The highest BCUT2D eigenvalue weighted by Gasteiger charge is 2.37. The second-order valence-corrected chi connectivity index (χ2v) is 12.0. The number of thioether (sulfide) groups is 1. The smallest absolute Gasteiger partial charge is 0.278 e. The third-order valence-electron chi connectivity index (χ3n) is 4.40. The van der Waals surface area contributed by atoms with Crippen LogP contribution >= 0.6 is 23.4 Å². The molecule has 0 amide bonds. The van der Waals surface area contributed by atoms with Crippen LogP contribution in [0.15, 0.2) is 87.5 Å². The topological polar surface area (TPSA) is 80.3 Å². The van der Waals surface area contributed by atoms with Crippen molar-refractivity contribution in [1.29, 1.82) is 0 Å². The van der Waals surface area contributed by atoms with E-state index in [0.29, 0.717) is 16.0 Å². The summed E-state index contributed by atoms with van der Waals surface area (Å²) in [5.74, 6) is -0.153. The molecule has 0 aromatic heterocycles. The second-order valence-electron chi connectivity index (χ2n) is 6.72. The highest BCUT2D eigenvalue weighted by atomic mass is 35.5. The van der Waals surface area contributed by atoms with Gasteiger partial charge in [-0.25, -0.2) is 16.8 Å². The second kappa shape index (κ2) is 9.96. The maximum Gasteiger partial charge on any atom is 0.417 e. The molecule has 0 unspecified atom stereocenters. The average molecular weight is 536 g/mol. The van der Waals surface area contributed by atoms with Gasteiger partial charge in [-0.3, -0.25) is 4.72 Å². The van der Waals surface area contributed by atoms with Crippen LogP contribution < -0.4 is 4.72 Å². The standard InChI is InChI=1S/C21H17ClF3NO4S3/c22-15-9-11-16(12-10-15)32(27,28)14-13-31-19-7-3-2-6-18(19)26-33(29,30)20-8-4-1-5-17(20)21(23,24)25/h1-12,26H,13-14H2. The van der Waals surface area contributed by atoms with E-state index >= 15 is 0 Å². The van der Waals surface area contributed by atoms with Crippen LogP contribution in [0.3, 0.4) is 0 Å². The van der Waals surface area contributed by atoms with Crippen molar-refractivity contribution in [2.75, 3.05) is 16.2 Å². The molecular formula is C21H17ClF3NO4S3. The molecule has 3 aromatic rings. The summed E-state index contributed by atoms with van der Waals surface area (Å²) in [5, 5.41) is 0.400. The summed E-state index contributed by atoms with van der Waals surface area (Å²) < 4.78 is 92.5. The Balaban J connectivity index is 1.78. The van der Waals surface area contributed by atoms with Crippen LogP contribution in [-0.4, -0.2) is 28.3 Å². The molecule has 0 saturated heterocycles. The van der Waals surface area contributed by atoms with Crippen molar-refractivity contribution >= 4 is 48.9 Å². The average Bonchev–Trinajstić information content (AvgIpc) is 2.74. The molecule has 1 N–H and O–H groups in total. The molecule has 0 aliphatic heterocycles. The largest absolute Gasteiger partial charge is 0.417 e. The van der Waals surface area contributed by atoms with Gasteiger partial charge in [-0.05, 0) is 48.5 Å². The summed E-state index contributed by atoms with van der Waals surface area (Å²) in [7, 11) is -8.17. The lowest BCUT2D eigenvalue weighted by molar-refractivity contribution is -0.139. The van der Waals surface area contributed by atoms with Crippen LogP contribution in [0.25, 0.3) is 0 Å². The maximum atomic E-state index is 13.3. The number of rotatable bonds is 8. The number of para-hydroxylation sites is 1. The zero-order valence-corrected chi connectivity index (χ0v) is 19.9. The van der Waals surface area contributed by atoms with Gasteiger partial charge in [0.1, 0.15) is 0 Å². The van der Waals surface area contributed by atoms with E-state index in [2.05, 4.69) is 4.72 Å². The van der Waals surface area contributed by atoms with E-state index in [4.69, 9.17) is 11.6 Å². The Morgan fingerprint density at radius 1 is 0.848 bits per heavy atom. The monoisotopic (exact) mass is 535 g/mol. The number of benzene rings is 3. The number of nitrogens with one attached hydrogen (secondary N) is 1. The zero-order valence-electron chi connectivity index (χ0n) is 16.7. The quantitative estimate of drug-likeness (QED) is 0.373. The van der Waals surface area contributed by atoms with E-state index < -0.39 is 36.5 Å². The van der Waals surface area contributed by atoms with Crippen molar-refractivity contribution in [3.63, 3.8) is 0 Å². The summed E-state index contributed by atoms with van der Waals surface area (Å²) in [6.45, 7) is 0. The fraction of sp³-hybridized carbons (Fsp3) is 0.143. The Morgan fingerprint density at radius 2 is 1.45 bits per heavy atom. The lowest BCUT2D eigenvalue weighted by Gasteiger charge is -2.16. The predicted molar refractivity (Wildman–Crippen MR) is 123 cm³/mol. The van der Waals surface area contributed by atoms with Gasteiger partial charge in [0.25, 0.3) is 10.0 Å². The Kier molecular flexibility index (Phi) is 7.67. The van der Waals surface area contributed by atoms with Crippen molar-refractivity contribution in [2.45, 2.75) is 20.9 Å². The highest BCUT2D eigenvalue weighted by molar-refractivity contribution is 8.01. The number of sulfonamides is 1. The summed E-state index contributed by atoms with van der Waals surface area (Å²) in [4.78, 5) is -0.426. The molecule has 0 aliphatic carbocycles. The zero-order chi connectivity index (χ0) is 24.3. The minimum atomic E-state index is -4.85. The van der Waals surface area contributed by atoms with Crippen LogP contribution in [0.1, 0.15) is 5.56 Å². The van der Waals surface area contributed by atoms with E-state index in [9.17, 15) is 30.0 Å². The summed E-state index contributed by atoms with van der Waals surface area (Å²) in [5.41, 5.74) is -1.24. The van der Waals surface area contributed by atoms with E-state index in [1.54, 1.807) is 12.1 Å². The van der Waals surface area contributed by atoms with Crippen LogP contribution in [0.5, 0.6) is 0 Å². The Hall–Kier alpha value is -2.21. The lowest BCUT2D eigenvalue weighted by atomic mass is 10.2. The number of anilines is 1. The Morgan fingerprint density at radius 3 is 2.12 bits per heavy atom. The molecule has 0 heterocycles. The van der Waals surface area contributed by atoms with Crippen LogP contribution in [0.2, 0.25) is 5.02 Å². The number of sulfone groups is 1. The first-order valence-electron chi connectivity index (χ1n) is 9.29. The van der Waals surface area contributed by atoms with Crippen molar-refractivity contribution in [2.24, 2.45) is 0 Å². The molecule has 0 atom stereocenters. The third kappa shape index (κ3) is 6.44. The third-order valence-corrected chi connectivity index (χ3v) is 9.14. The molecule has 5 nitrogen and oxygen atoms in total.